The third kappa shape index (κ3) is 3.99. The summed E-state index contributed by atoms with van der Waals surface area (Å²) < 4.78 is 0. The van der Waals surface area contributed by atoms with Crippen LogP contribution in [0.3, 0.4) is 0 Å². The lowest BCUT2D eigenvalue weighted by Gasteiger charge is -2.37. The number of rotatable bonds is 4. The zero-order valence-corrected chi connectivity index (χ0v) is 13.0. The van der Waals surface area contributed by atoms with E-state index in [4.69, 9.17) is 5.26 Å². The van der Waals surface area contributed by atoms with Gasteiger partial charge in [0.15, 0.2) is 0 Å². The summed E-state index contributed by atoms with van der Waals surface area (Å²) in [6.45, 7) is 2.81. The van der Waals surface area contributed by atoms with Gasteiger partial charge in [-0.3, -0.25) is 4.79 Å². The number of amides is 1. The Morgan fingerprint density at radius 1 is 1.52 bits per heavy atom. The second-order valence-electron chi connectivity index (χ2n) is 5.41. The maximum atomic E-state index is 12.7. The number of hydrogen-bond acceptors (Lipinski definition) is 4. The smallest absolute Gasteiger partial charge is 0.254 e. The number of likely N-dealkylation sites (tertiary alicyclic amines) is 1. The molecule has 0 spiro atoms. The van der Waals surface area contributed by atoms with Crippen molar-refractivity contribution in [3.63, 3.8) is 0 Å². The Kier molecular flexibility index (Phi) is 5.66. The highest BCUT2D eigenvalue weighted by atomic mass is 32.2. The molecule has 2 rings (SSSR count). The van der Waals surface area contributed by atoms with Crippen LogP contribution in [0.1, 0.15) is 30.1 Å². The number of carbonyl (C=O) groups is 1. The number of hydrogen-bond donors (Lipinski definition) is 1. The molecule has 1 heterocycles. The zero-order chi connectivity index (χ0) is 15.2. The van der Waals surface area contributed by atoms with E-state index < -0.39 is 0 Å². The monoisotopic (exact) mass is 304 g/mol. The van der Waals surface area contributed by atoms with Crippen LogP contribution in [0, 0.1) is 17.2 Å². The van der Waals surface area contributed by atoms with E-state index in [1.54, 1.807) is 0 Å². The molecule has 1 aliphatic rings. The molecule has 1 aromatic carbocycles. The molecule has 2 unspecified atom stereocenters. The van der Waals surface area contributed by atoms with Crippen molar-refractivity contribution in [3.05, 3.63) is 29.8 Å². The van der Waals surface area contributed by atoms with Gasteiger partial charge in [-0.15, -0.1) is 11.8 Å². The molecule has 0 aliphatic carbocycles. The minimum absolute atomic E-state index is 0.0139. The molecule has 0 bridgehead atoms. The molecular weight excluding hydrogens is 284 g/mol. The lowest BCUT2D eigenvalue weighted by atomic mass is 9.93. The summed E-state index contributed by atoms with van der Waals surface area (Å²) in [6, 6.07) is 9.72. The Labute approximate surface area is 129 Å². The molecule has 4 nitrogen and oxygen atoms in total. The van der Waals surface area contributed by atoms with Crippen molar-refractivity contribution < 1.29 is 9.90 Å². The van der Waals surface area contributed by atoms with Crippen LogP contribution in [0.2, 0.25) is 0 Å². The standard InChI is InChI=1S/C16H20N2O2S/c1-12-5-6-13(11-19)10-18(12)16(20)14-3-2-4-15(9-14)21-8-7-17/h2-4,9,12-13,19H,5-6,8,10-11H2,1H3. The zero-order valence-electron chi connectivity index (χ0n) is 12.2. The summed E-state index contributed by atoms with van der Waals surface area (Å²) in [5.74, 6) is 0.575. The van der Waals surface area contributed by atoms with Gasteiger partial charge in [0.2, 0.25) is 0 Å². The first-order valence-corrected chi connectivity index (χ1v) is 8.16. The molecule has 0 radical (unpaired) electrons. The van der Waals surface area contributed by atoms with Gasteiger partial charge in [0.05, 0.1) is 11.8 Å². The lowest BCUT2D eigenvalue weighted by Crippen LogP contribution is -2.46. The topological polar surface area (TPSA) is 64.3 Å². The van der Waals surface area contributed by atoms with Gasteiger partial charge in [0.1, 0.15) is 0 Å². The van der Waals surface area contributed by atoms with Crippen LogP contribution in [0.25, 0.3) is 0 Å². The Bertz CT molecular complexity index is 541. The normalized spacial score (nSPS) is 21.9. The first-order valence-electron chi connectivity index (χ1n) is 7.17. The van der Waals surface area contributed by atoms with Crippen molar-refractivity contribution in [1.82, 2.24) is 4.90 Å². The largest absolute Gasteiger partial charge is 0.396 e. The molecule has 1 amide bonds. The average Bonchev–Trinajstić information content (AvgIpc) is 2.53. The van der Waals surface area contributed by atoms with Gasteiger partial charge < -0.3 is 10.0 Å². The summed E-state index contributed by atoms with van der Waals surface area (Å²) in [7, 11) is 0. The molecule has 1 aliphatic heterocycles. The van der Waals surface area contributed by atoms with Crippen molar-refractivity contribution in [1.29, 1.82) is 5.26 Å². The second-order valence-corrected chi connectivity index (χ2v) is 6.46. The molecule has 1 saturated heterocycles. The SMILES string of the molecule is CC1CCC(CO)CN1C(=O)c1cccc(SCC#N)c1. The quantitative estimate of drug-likeness (QED) is 0.868. The third-order valence-electron chi connectivity index (χ3n) is 3.88. The fourth-order valence-electron chi connectivity index (χ4n) is 2.61. The highest BCUT2D eigenvalue weighted by molar-refractivity contribution is 7.99. The van der Waals surface area contributed by atoms with Gasteiger partial charge >= 0.3 is 0 Å². The highest BCUT2D eigenvalue weighted by Crippen LogP contribution is 2.25. The molecule has 1 fully saturated rings. The van der Waals surface area contributed by atoms with Crippen LogP contribution in [-0.2, 0) is 0 Å². The summed E-state index contributed by atoms with van der Waals surface area (Å²) >= 11 is 1.43. The first kappa shape index (κ1) is 15.9. The van der Waals surface area contributed by atoms with E-state index in [0.717, 1.165) is 17.7 Å². The molecule has 0 aromatic heterocycles. The fourth-order valence-corrected chi connectivity index (χ4v) is 3.23. The molecule has 1 N–H and O–H groups in total. The number of benzene rings is 1. The van der Waals surface area contributed by atoms with E-state index in [1.807, 2.05) is 29.2 Å². The third-order valence-corrected chi connectivity index (χ3v) is 4.74. The number of carbonyl (C=O) groups excluding carboxylic acids is 1. The van der Waals surface area contributed by atoms with E-state index in [2.05, 4.69) is 13.0 Å². The number of nitrogens with zero attached hydrogens (tertiary/aromatic N) is 2. The van der Waals surface area contributed by atoms with Crippen molar-refractivity contribution in [3.8, 4) is 6.07 Å². The predicted molar refractivity (Wildman–Crippen MR) is 83.1 cm³/mol. The van der Waals surface area contributed by atoms with Crippen LogP contribution in [-0.4, -0.2) is 40.9 Å². The number of thioether (sulfide) groups is 1. The fraction of sp³-hybridized carbons (Fsp3) is 0.500. The van der Waals surface area contributed by atoms with E-state index in [1.165, 1.54) is 11.8 Å². The lowest BCUT2D eigenvalue weighted by molar-refractivity contribution is 0.0488. The van der Waals surface area contributed by atoms with Gasteiger partial charge in [-0.1, -0.05) is 6.07 Å². The Hall–Kier alpha value is -1.51. The molecule has 0 saturated carbocycles. The van der Waals surface area contributed by atoms with Crippen molar-refractivity contribution in [2.45, 2.75) is 30.7 Å². The van der Waals surface area contributed by atoms with Crippen molar-refractivity contribution in [2.24, 2.45) is 5.92 Å². The predicted octanol–water partition coefficient (Wildman–Crippen LogP) is 2.54. The van der Waals surface area contributed by atoms with Crippen LogP contribution in [0.5, 0.6) is 0 Å². The molecule has 2 atom stereocenters. The van der Waals surface area contributed by atoms with E-state index in [0.29, 0.717) is 17.9 Å². The number of nitriles is 1. The molecule has 112 valence electrons. The highest BCUT2D eigenvalue weighted by Gasteiger charge is 2.29. The molecule has 21 heavy (non-hydrogen) atoms. The Morgan fingerprint density at radius 3 is 3.05 bits per heavy atom. The van der Waals surface area contributed by atoms with E-state index in [-0.39, 0.29) is 24.5 Å². The van der Waals surface area contributed by atoms with Crippen LogP contribution < -0.4 is 0 Å². The minimum Gasteiger partial charge on any atom is -0.396 e. The maximum absolute atomic E-state index is 12.7. The van der Waals surface area contributed by atoms with Gasteiger partial charge in [0.25, 0.3) is 5.91 Å². The first-order chi connectivity index (χ1) is 10.2. The maximum Gasteiger partial charge on any atom is 0.254 e. The van der Waals surface area contributed by atoms with Gasteiger partial charge in [-0.2, -0.15) is 5.26 Å². The Balaban J connectivity index is 2.13. The van der Waals surface area contributed by atoms with Gasteiger partial charge in [0, 0.05) is 29.7 Å². The van der Waals surface area contributed by atoms with Crippen molar-refractivity contribution in [2.75, 3.05) is 18.9 Å². The summed E-state index contributed by atoms with van der Waals surface area (Å²) in [5.41, 5.74) is 0.656. The van der Waals surface area contributed by atoms with Crippen LogP contribution in [0.4, 0.5) is 0 Å². The Morgan fingerprint density at radius 2 is 2.33 bits per heavy atom. The molecule has 5 heteroatoms. The van der Waals surface area contributed by atoms with Crippen LogP contribution >= 0.6 is 11.8 Å². The second kappa shape index (κ2) is 7.48. The number of piperidine rings is 1. The van der Waals surface area contributed by atoms with E-state index >= 15 is 0 Å². The number of aliphatic hydroxyl groups is 1. The summed E-state index contributed by atoms with van der Waals surface area (Å²) in [6.07, 6.45) is 1.90. The van der Waals surface area contributed by atoms with Crippen molar-refractivity contribution >= 4 is 17.7 Å². The van der Waals surface area contributed by atoms with Gasteiger partial charge in [-0.05, 0) is 43.9 Å². The summed E-state index contributed by atoms with van der Waals surface area (Å²) in [4.78, 5) is 15.5. The summed E-state index contributed by atoms with van der Waals surface area (Å²) in [5, 5.41) is 17.9. The minimum atomic E-state index is 0.0139. The molecular formula is C16H20N2O2S. The average molecular weight is 304 g/mol. The van der Waals surface area contributed by atoms with Crippen LogP contribution in [0.15, 0.2) is 29.2 Å². The molecule has 1 aromatic rings. The number of aliphatic hydroxyl groups excluding tert-OH is 1. The van der Waals surface area contributed by atoms with E-state index in [9.17, 15) is 9.90 Å². The van der Waals surface area contributed by atoms with Gasteiger partial charge in [-0.25, -0.2) is 0 Å².